The number of rotatable bonds is 5. The lowest BCUT2D eigenvalue weighted by atomic mass is 9.89. The van der Waals surface area contributed by atoms with Gasteiger partial charge in [0.2, 0.25) is 5.91 Å². The highest BCUT2D eigenvalue weighted by molar-refractivity contribution is 6.10. The fourth-order valence-corrected chi connectivity index (χ4v) is 4.00. The van der Waals surface area contributed by atoms with Crippen LogP contribution in [0.4, 0.5) is 10.5 Å². The van der Waals surface area contributed by atoms with Crippen molar-refractivity contribution in [1.82, 2.24) is 10.2 Å². The zero-order valence-corrected chi connectivity index (χ0v) is 16.5. The van der Waals surface area contributed by atoms with E-state index in [2.05, 4.69) is 10.6 Å². The second kappa shape index (κ2) is 7.24. The number of imide groups is 1. The number of methoxy groups -OCH3 is 1. The molecule has 2 aromatic carbocycles. The second-order valence-corrected chi connectivity index (χ2v) is 7.53. The molecule has 7 nitrogen and oxygen atoms in total. The van der Waals surface area contributed by atoms with Crippen molar-refractivity contribution in [2.75, 3.05) is 19.0 Å². The van der Waals surface area contributed by atoms with Crippen molar-refractivity contribution in [3.05, 3.63) is 59.2 Å². The van der Waals surface area contributed by atoms with Crippen LogP contribution in [0.1, 0.15) is 30.0 Å². The molecule has 0 spiro atoms. The molecule has 1 atom stereocenters. The van der Waals surface area contributed by atoms with Gasteiger partial charge in [0.1, 0.15) is 17.8 Å². The third-order valence-corrected chi connectivity index (χ3v) is 5.63. The summed E-state index contributed by atoms with van der Waals surface area (Å²) in [5, 5.41) is 5.45. The van der Waals surface area contributed by atoms with Gasteiger partial charge in [-0.05, 0) is 55.0 Å². The largest absolute Gasteiger partial charge is 0.495 e. The van der Waals surface area contributed by atoms with E-state index in [4.69, 9.17) is 4.74 Å². The molecule has 2 N–H and O–H groups in total. The monoisotopic (exact) mass is 393 g/mol. The molecule has 1 heterocycles. The summed E-state index contributed by atoms with van der Waals surface area (Å²) in [6.07, 6.45) is 3.12. The molecule has 4 rings (SSSR count). The van der Waals surface area contributed by atoms with E-state index in [1.165, 1.54) is 18.2 Å². The quantitative estimate of drug-likeness (QED) is 0.765. The molecule has 1 fully saturated rings. The zero-order valence-electron chi connectivity index (χ0n) is 16.5. The summed E-state index contributed by atoms with van der Waals surface area (Å²) in [6, 6.07) is 12.3. The molecule has 1 aliphatic carbocycles. The number of hydrogen-bond acceptors (Lipinski definition) is 4. The molecule has 4 amide bonds. The number of para-hydroxylation sites is 2. The lowest BCUT2D eigenvalue weighted by Gasteiger charge is -2.23. The Balaban J connectivity index is 1.51. The van der Waals surface area contributed by atoms with Gasteiger partial charge in [0.05, 0.1) is 12.8 Å². The summed E-state index contributed by atoms with van der Waals surface area (Å²) in [7, 11) is 1.50. The number of carbonyl (C=O) groups excluding carboxylic acids is 3. The van der Waals surface area contributed by atoms with Crippen molar-refractivity contribution in [2.45, 2.75) is 31.7 Å². The molecular formula is C22H23N3O4. The molecule has 150 valence electrons. The molecule has 2 aliphatic rings. The van der Waals surface area contributed by atoms with Gasteiger partial charge in [0, 0.05) is 0 Å². The van der Waals surface area contributed by atoms with Gasteiger partial charge in [0.25, 0.3) is 5.91 Å². The van der Waals surface area contributed by atoms with Crippen molar-refractivity contribution < 1.29 is 19.1 Å². The fraction of sp³-hybridized carbons (Fsp3) is 0.318. The molecule has 0 radical (unpaired) electrons. The molecule has 29 heavy (non-hydrogen) atoms. The van der Waals surface area contributed by atoms with Crippen molar-refractivity contribution >= 4 is 23.5 Å². The van der Waals surface area contributed by atoms with Crippen LogP contribution in [-0.4, -0.2) is 36.4 Å². The van der Waals surface area contributed by atoms with Crippen molar-refractivity contribution in [2.24, 2.45) is 0 Å². The Morgan fingerprint density at radius 2 is 1.93 bits per heavy atom. The van der Waals surface area contributed by atoms with E-state index in [-0.39, 0.29) is 6.54 Å². The maximum atomic E-state index is 13.1. The van der Waals surface area contributed by atoms with Crippen LogP contribution in [0.2, 0.25) is 0 Å². The summed E-state index contributed by atoms with van der Waals surface area (Å²) >= 11 is 0. The Hall–Kier alpha value is -3.35. The van der Waals surface area contributed by atoms with Crippen LogP contribution < -0.4 is 15.4 Å². The first-order chi connectivity index (χ1) is 13.9. The van der Waals surface area contributed by atoms with Crippen molar-refractivity contribution in [3.8, 4) is 5.75 Å². The van der Waals surface area contributed by atoms with Gasteiger partial charge in [-0.3, -0.25) is 14.5 Å². The number of ether oxygens (including phenoxy) is 1. The number of anilines is 1. The first kappa shape index (κ1) is 19.0. The maximum Gasteiger partial charge on any atom is 0.325 e. The normalized spacial score (nSPS) is 20.4. The van der Waals surface area contributed by atoms with Gasteiger partial charge in [-0.1, -0.05) is 30.3 Å². The number of carbonyl (C=O) groups is 3. The molecule has 0 saturated carbocycles. The van der Waals surface area contributed by atoms with Crippen molar-refractivity contribution in [1.29, 1.82) is 0 Å². The minimum atomic E-state index is -1.18. The van der Waals surface area contributed by atoms with Crippen LogP contribution in [0.25, 0.3) is 0 Å². The highest BCUT2D eigenvalue weighted by Gasteiger charge is 2.49. The van der Waals surface area contributed by atoms with Gasteiger partial charge < -0.3 is 15.4 Å². The van der Waals surface area contributed by atoms with Crippen LogP contribution in [0.3, 0.4) is 0 Å². The van der Waals surface area contributed by atoms with Gasteiger partial charge in [0.15, 0.2) is 0 Å². The SMILES string of the molecule is COc1ccccc1NC(=O)CN1C(=O)N[C@@](C)(c2ccc3c(c2)CCC3)C1=O. The van der Waals surface area contributed by atoms with Crippen LogP contribution >= 0.6 is 0 Å². The molecule has 0 aromatic heterocycles. The molecular weight excluding hydrogens is 370 g/mol. The van der Waals surface area contributed by atoms with E-state index in [0.717, 1.165) is 29.7 Å². The van der Waals surface area contributed by atoms with E-state index in [9.17, 15) is 14.4 Å². The Bertz CT molecular complexity index is 1000. The first-order valence-corrected chi connectivity index (χ1v) is 9.61. The molecule has 0 unspecified atom stereocenters. The van der Waals surface area contributed by atoms with E-state index in [0.29, 0.717) is 11.4 Å². The first-order valence-electron chi connectivity index (χ1n) is 9.61. The number of fused-ring (bicyclic) bond motifs is 1. The summed E-state index contributed by atoms with van der Waals surface area (Å²) < 4.78 is 5.21. The number of aryl methyl sites for hydroxylation is 2. The summed E-state index contributed by atoms with van der Waals surface area (Å²) in [5.74, 6) is -0.409. The summed E-state index contributed by atoms with van der Waals surface area (Å²) in [6.45, 7) is 1.31. The van der Waals surface area contributed by atoms with E-state index < -0.39 is 23.4 Å². The average molecular weight is 393 g/mol. The smallest absolute Gasteiger partial charge is 0.325 e. The van der Waals surface area contributed by atoms with E-state index in [1.807, 2.05) is 18.2 Å². The number of nitrogens with zero attached hydrogens (tertiary/aromatic N) is 1. The molecule has 1 aliphatic heterocycles. The van der Waals surface area contributed by atoms with Crippen LogP contribution in [0, 0.1) is 0 Å². The van der Waals surface area contributed by atoms with E-state index in [1.54, 1.807) is 31.2 Å². The van der Waals surface area contributed by atoms with Crippen LogP contribution in [0.5, 0.6) is 5.75 Å². The molecule has 2 aromatic rings. The summed E-state index contributed by atoms with van der Waals surface area (Å²) in [5.41, 5.74) is 2.55. The second-order valence-electron chi connectivity index (χ2n) is 7.53. The van der Waals surface area contributed by atoms with Crippen LogP contribution in [0.15, 0.2) is 42.5 Å². The Labute approximate surface area is 169 Å². The zero-order chi connectivity index (χ0) is 20.6. The number of amides is 4. The standard InChI is InChI=1S/C22H23N3O4/c1-22(16-11-10-14-6-5-7-15(14)12-16)20(27)25(21(28)24-22)13-19(26)23-17-8-3-4-9-18(17)29-2/h3-4,8-12H,5-7,13H2,1-2H3,(H,23,26)(H,24,28)/t22-/m0/s1. The molecule has 7 heteroatoms. The maximum absolute atomic E-state index is 13.1. The predicted molar refractivity (Wildman–Crippen MR) is 108 cm³/mol. The minimum absolute atomic E-state index is 0.372. The number of hydrogen-bond donors (Lipinski definition) is 2. The molecule has 0 bridgehead atoms. The van der Waals surface area contributed by atoms with Gasteiger partial charge in [-0.2, -0.15) is 0 Å². The number of nitrogens with one attached hydrogen (secondary N) is 2. The lowest BCUT2D eigenvalue weighted by Crippen LogP contribution is -2.42. The number of urea groups is 1. The van der Waals surface area contributed by atoms with Gasteiger partial charge >= 0.3 is 6.03 Å². The highest BCUT2D eigenvalue weighted by atomic mass is 16.5. The average Bonchev–Trinajstić information content (AvgIpc) is 3.27. The Morgan fingerprint density at radius 3 is 2.72 bits per heavy atom. The molecule has 1 saturated heterocycles. The highest BCUT2D eigenvalue weighted by Crippen LogP contribution is 2.32. The third kappa shape index (κ3) is 3.33. The minimum Gasteiger partial charge on any atom is -0.495 e. The van der Waals surface area contributed by atoms with Gasteiger partial charge in [-0.15, -0.1) is 0 Å². The summed E-state index contributed by atoms with van der Waals surface area (Å²) in [4.78, 5) is 39.0. The lowest BCUT2D eigenvalue weighted by molar-refractivity contribution is -0.133. The number of benzene rings is 2. The Morgan fingerprint density at radius 1 is 1.17 bits per heavy atom. The van der Waals surface area contributed by atoms with Gasteiger partial charge in [-0.25, -0.2) is 4.79 Å². The Kier molecular flexibility index (Phi) is 4.74. The fourth-order valence-electron chi connectivity index (χ4n) is 4.00. The topological polar surface area (TPSA) is 87.7 Å². The van der Waals surface area contributed by atoms with Crippen LogP contribution in [-0.2, 0) is 28.0 Å². The van der Waals surface area contributed by atoms with Crippen molar-refractivity contribution in [3.63, 3.8) is 0 Å². The predicted octanol–water partition coefficient (Wildman–Crippen LogP) is 2.59. The third-order valence-electron chi connectivity index (χ3n) is 5.63. The van der Waals surface area contributed by atoms with E-state index >= 15 is 0 Å².